The Balaban J connectivity index is 1.76. The summed E-state index contributed by atoms with van der Waals surface area (Å²) in [5, 5.41) is 10.2. The summed E-state index contributed by atoms with van der Waals surface area (Å²) in [5.74, 6) is -0.648. The molecule has 0 aliphatic rings. The molecule has 134 valence electrons. The molecule has 0 fully saturated rings. The number of rotatable bonds is 3. The lowest BCUT2D eigenvalue weighted by atomic mass is 10.1. The monoisotopic (exact) mass is 401 g/mol. The van der Waals surface area contributed by atoms with Gasteiger partial charge in [-0.05, 0) is 42.5 Å². The van der Waals surface area contributed by atoms with Crippen LogP contribution in [0.15, 0.2) is 46.9 Å². The lowest BCUT2D eigenvalue weighted by Crippen LogP contribution is -2.12. The number of amides is 1. The number of nitrogens with zero attached hydrogens (tertiary/aromatic N) is 2. The quantitative estimate of drug-likeness (QED) is 0.645. The van der Waals surface area contributed by atoms with Crippen LogP contribution in [0, 0.1) is 0 Å². The molecule has 0 aliphatic heterocycles. The van der Waals surface area contributed by atoms with Gasteiger partial charge >= 0.3 is 12.2 Å². The molecule has 0 unspecified atom stereocenters. The minimum Gasteiger partial charge on any atom is -0.403 e. The van der Waals surface area contributed by atoms with E-state index >= 15 is 0 Å². The summed E-state index contributed by atoms with van der Waals surface area (Å²) >= 11 is 11.7. The van der Waals surface area contributed by atoms with E-state index in [2.05, 4.69) is 15.5 Å². The van der Waals surface area contributed by atoms with Crippen molar-refractivity contribution in [2.24, 2.45) is 0 Å². The van der Waals surface area contributed by atoms with E-state index in [1.165, 1.54) is 30.3 Å². The van der Waals surface area contributed by atoms with E-state index in [-0.39, 0.29) is 28.1 Å². The second-order valence-electron chi connectivity index (χ2n) is 5.07. The Bertz CT molecular complexity index is 956. The number of anilines is 1. The second-order valence-corrected chi connectivity index (χ2v) is 5.91. The smallest absolute Gasteiger partial charge is 0.403 e. The highest BCUT2D eigenvalue weighted by Gasteiger charge is 2.30. The van der Waals surface area contributed by atoms with Crippen molar-refractivity contribution in [1.82, 2.24) is 10.2 Å². The van der Waals surface area contributed by atoms with Crippen LogP contribution in [0.1, 0.15) is 15.9 Å². The summed E-state index contributed by atoms with van der Waals surface area (Å²) in [6.07, 6.45) is -4.44. The molecule has 0 spiro atoms. The summed E-state index contributed by atoms with van der Waals surface area (Å²) in [7, 11) is 0. The maximum Gasteiger partial charge on any atom is 0.416 e. The van der Waals surface area contributed by atoms with E-state index in [9.17, 15) is 18.0 Å². The van der Waals surface area contributed by atoms with Crippen LogP contribution < -0.4 is 5.32 Å². The Morgan fingerprint density at radius 2 is 1.73 bits per heavy atom. The Morgan fingerprint density at radius 3 is 2.35 bits per heavy atom. The number of hydrogen-bond donors (Lipinski definition) is 1. The van der Waals surface area contributed by atoms with Crippen LogP contribution in [0.3, 0.4) is 0 Å². The van der Waals surface area contributed by atoms with Crippen LogP contribution in [-0.4, -0.2) is 16.1 Å². The average molecular weight is 402 g/mol. The first-order valence-electron chi connectivity index (χ1n) is 7.01. The highest BCUT2D eigenvalue weighted by atomic mass is 35.5. The van der Waals surface area contributed by atoms with Crippen LogP contribution in [0.4, 0.5) is 19.2 Å². The zero-order valence-electron chi connectivity index (χ0n) is 12.6. The highest BCUT2D eigenvalue weighted by Crippen LogP contribution is 2.31. The summed E-state index contributed by atoms with van der Waals surface area (Å²) in [6.45, 7) is 0. The van der Waals surface area contributed by atoms with Crippen LogP contribution in [0.2, 0.25) is 10.0 Å². The van der Waals surface area contributed by atoms with Crippen LogP contribution in [0.5, 0.6) is 0 Å². The van der Waals surface area contributed by atoms with Crippen molar-refractivity contribution in [3.05, 3.63) is 63.6 Å². The standard InChI is InChI=1S/C16H8Cl2F3N3O2/c17-10-5-6-11(12(18)7-10)13(25)22-15-24-23-14(26-15)8-1-3-9(4-2-8)16(19,20)21/h1-7H,(H,22,24,25). The number of halogens is 5. The Hall–Kier alpha value is -2.58. The summed E-state index contributed by atoms with van der Waals surface area (Å²) < 4.78 is 43.0. The van der Waals surface area contributed by atoms with E-state index in [0.717, 1.165) is 12.1 Å². The number of aromatic nitrogens is 2. The van der Waals surface area contributed by atoms with Gasteiger partial charge < -0.3 is 4.42 Å². The van der Waals surface area contributed by atoms with E-state index in [1.54, 1.807) is 0 Å². The molecule has 0 aliphatic carbocycles. The average Bonchev–Trinajstić information content (AvgIpc) is 3.02. The zero-order chi connectivity index (χ0) is 18.9. The van der Waals surface area contributed by atoms with Gasteiger partial charge in [-0.3, -0.25) is 10.1 Å². The van der Waals surface area contributed by atoms with Crippen LogP contribution in [0.25, 0.3) is 11.5 Å². The molecule has 3 rings (SSSR count). The van der Waals surface area contributed by atoms with E-state index in [1.807, 2.05) is 0 Å². The van der Waals surface area contributed by atoms with Crippen molar-refractivity contribution < 1.29 is 22.4 Å². The fourth-order valence-corrected chi connectivity index (χ4v) is 2.52. The minimum atomic E-state index is -4.44. The van der Waals surface area contributed by atoms with Gasteiger partial charge in [0.05, 0.1) is 16.1 Å². The first-order valence-corrected chi connectivity index (χ1v) is 7.77. The predicted octanol–water partition coefficient (Wildman–Crippen LogP) is 5.31. The van der Waals surface area contributed by atoms with Crippen molar-refractivity contribution in [2.75, 3.05) is 5.32 Å². The number of carbonyl (C=O) groups excluding carboxylic acids is 1. The molecule has 0 radical (unpaired) electrons. The van der Waals surface area contributed by atoms with Gasteiger partial charge in [-0.2, -0.15) is 13.2 Å². The lowest BCUT2D eigenvalue weighted by molar-refractivity contribution is -0.137. The molecule has 1 heterocycles. The minimum absolute atomic E-state index is 0.0452. The van der Waals surface area contributed by atoms with Gasteiger partial charge in [-0.15, -0.1) is 5.10 Å². The first-order chi connectivity index (χ1) is 12.2. The van der Waals surface area contributed by atoms with Gasteiger partial charge in [-0.1, -0.05) is 28.3 Å². The van der Waals surface area contributed by atoms with Gasteiger partial charge in [-0.25, -0.2) is 0 Å². The number of carbonyl (C=O) groups is 1. The number of nitrogens with one attached hydrogen (secondary N) is 1. The van der Waals surface area contributed by atoms with E-state index in [0.29, 0.717) is 5.02 Å². The fourth-order valence-electron chi connectivity index (χ4n) is 2.03. The Kier molecular flexibility index (Phi) is 4.88. The van der Waals surface area contributed by atoms with Crippen molar-refractivity contribution in [3.8, 4) is 11.5 Å². The number of hydrogen-bond acceptors (Lipinski definition) is 4. The maximum atomic E-state index is 12.6. The molecule has 5 nitrogen and oxygen atoms in total. The molecule has 0 bridgehead atoms. The molecule has 0 atom stereocenters. The third-order valence-corrected chi connectivity index (χ3v) is 3.83. The largest absolute Gasteiger partial charge is 0.416 e. The first kappa shape index (κ1) is 18.2. The summed E-state index contributed by atoms with van der Waals surface area (Å²) in [4.78, 5) is 12.2. The third-order valence-electron chi connectivity index (χ3n) is 3.28. The molecule has 10 heteroatoms. The van der Waals surface area contributed by atoms with Crippen molar-refractivity contribution in [1.29, 1.82) is 0 Å². The van der Waals surface area contributed by atoms with Gasteiger partial charge in [0.1, 0.15) is 0 Å². The van der Waals surface area contributed by atoms with Gasteiger partial charge in [0.2, 0.25) is 5.89 Å². The Morgan fingerprint density at radius 1 is 1.04 bits per heavy atom. The van der Waals surface area contributed by atoms with Gasteiger partial charge in [0.25, 0.3) is 5.91 Å². The highest BCUT2D eigenvalue weighted by molar-refractivity contribution is 6.37. The molecule has 1 aromatic heterocycles. The summed E-state index contributed by atoms with van der Waals surface area (Å²) in [6, 6.07) is 8.26. The predicted molar refractivity (Wildman–Crippen MR) is 89.2 cm³/mol. The SMILES string of the molecule is O=C(Nc1nnc(-c2ccc(C(F)(F)F)cc2)o1)c1ccc(Cl)cc1Cl. The molecule has 1 N–H and O–H groups in total. The zero-order valence-corrected chi connectivity index (χ0v) is 14.2. The molecular formula is C16H8Cl2F3N3O2. The van der Waals surface area contributed by atoms with Crippen LogP contribution in [-0.2, 0) is 6.18 Å². The van der Waals surface area contributed by atoms with Gasteiger partial charge in [0, 0.05) is 10.6 Å². The topological polar surface area (TPSA) is 68.0 Å². The molecule has 1 amide bonds. The second kappa shape index (κ2) is 6.97. The van der Waals surface area contributed by atoms with E-state index in [4.69, 9.17) is 27.6 Å². The maximum absolute atomic E-state index is 12.6. The van der Waals surface area contributed by atoms with Crippen molar-refractivity contribution in [2.45, 2.75) is 6.18 Å². The van der Waals surface area contributed by atoms with Crippen molar-refractivity contribution >= 4 is 35.1 Å². The number of benzene rings is 2. The lowest BCUT2D eigenvalue weighted by Gasteiger charge is -2.06. The molecule has 0 saturated heterocycles. The molecule has 26 heavy (non-hydrogen) atoms. The third kappa shape index (κ3) is 3.97. The van der Waals surface area contributed by atoms with Crippen LogP contribution >= 0.6 is 23.2 Å². The molecular weight excluding hydrogens is 394 g/mol. The molecule has 2 aromatic carbocycles. The number of alkyl halides is 3. The van der Waals surface area contributed by atoms with Crippen molar-refractivity contribution in [3.63, 3.8) is 0 Å². The van der Waals surface area contributed by atoms with Gasteiger partial charge in [0.15, 0.2) is 0 Å². The summed E-state index contributed by atoms with van der Waals surface area (Å²) in [5.41, 5.74) is -0.382. The fraction of sp³-hybridized carbons (Fsp3) is 0.0625. The van der Waals surface area contributed by atoms with E-state index < -0.39 is 17.6 Å². The normalized spacial score (nSPS) is 11.4. The molecule has 3 aromatic rings. The Labute approximate surface area is 154 Å². The molecule has 0 saturated carbocycles.